The molecule has 0 unspecified atom stereocenters. The fourth-order valence-electron chi connectivity index (χ4n) is 1.14. The van der Waals surface area contributed by atoms with Crippen LogP contribution in [0.25, 0.3) is 0 Å². The first kappa shape index (κ1) is 16.8. The topological polar surface area (TPSA) is 61.4 Å². The lowest BCUT2D eigenvalue weighted by atomic mass is 9.98. The summed E-state index contributed by atoms with van der Waals surface area (Å²) in [6.45, 7) is 10.8. The molecule has 0 rings (SSSR count). The monoisotopic (exact) mass is 265 g/mol. The molecule has 0 fully saturated rings. The van der Waals surface area contributed by atoms with Gasteiger partial charge in [-0.1, -0.05) is 27.7 Å². The fourth-order valence-corrected chi connectivity index (χ4v) is 2.35. The molecule has 0 bridgehead atoms. The predicted molar refractivity (Wildman–Crippen MR) is 72.2 cm³/mol. The van der Waals surface area contributed by atoms with Crippen LogP contribution in [0.1, 0.15) is 34.1 Å². The van der Waals surface area contributed by atoms with Crippen LogP contribution in [0.5, 0.6) is 0 Å². The summed E-state index contributed by atoms with van der Waals surface area (Å²) in [7, 11) is -1.72. The minimum atomic E-state index is -3.33. The van der Waals surface area contributed by atoms with E-state index in [-0.39, 0.29) is 5.41 Å². The van der Waals surface area contributed by atoms with Gasteiger partial charge in [0, 0.05) is 20.1 Å². The smallest absolute Gasteiger partial charge is 0.279 e. The number of hydrogen-bond acceptors (Lipinski definition) is 3. The van der Waals surface area contributed by atoms with Gasteiger partial charge in [-0.05, 0) is 24.9 Å². The van der Waals surface area contributed by atoms with E-state index >= 15 is 0 Å². The number of nitrogens with zero attached hydrogens (tertiary/aromatic N) is 1. The Bertz CT molecular complexity index is 296. The van der Waals surface area contributed by atoms with E-state index < -0.39 is 10.2 Å². The van der Waals surface area contributed by atoms with Crippen LogP contribution in [0, 0.1) is 5.41 Å². The normalized spacial score (nSPS) is 13.3. The van der Waals surface area contributed by atoms with E-state index in [4.69, 9.17) is 0 Å². The van der Waals surface area contributed by atoms with E-state index in [1.807, 2.05) is 27.7 Å². The van der Waals surface area contributed by atoms with Crippen molar-refractivity contribution < 1.29 is 8.42 Å². The minimum Gasteiger partial charge on any atom is -0.317 e. The summed E-state index contributed by atoms with van der Waals surface area (Å²) >= 11 is 0. The summed E-state index contributed by atoms with van der Waals surface area (Å²) in [5.74, 6) is 0. The minimum absolute atomic E-state index is 0.0440. The first-order valence-corrected chi connectivity index (χ1v) is 7.54. The maximum atomic E-state index is 11.8. The van der Waals surface area contributed by atoms with Crippen molar-refractivity contribution in [2.75, 3.05) is 33.2 Å². The lowest BCUT2D eigenvalue weighted by molar-refractivity contribution is 0.390. The van der Waals surface area contributed by atoms with Gasteiger partial charge >= 0.3 is 0 Å². The molecule has 0 saturated carbocycles. The molecule has 0 heterocycles. The maximum Gasteiger partial charge on any atom is 0.279 e. The third kappa shape index (κ3) is 8.54. The molecule has 6 heteroatoms. The zero-order valence-electron chi connectivity index (χ0n) is 11.7. The molecule has 0 spiro atoms. The summed E-state index contributed by atoms with van der Waals surface area (Å²) in [6.07, 6.45) is 0.820. The fraction of sp³-hybridized carbons (Fsp3) is 1.00. The van der Waals surface area contributed by atoms with Gasteiger partial charge in [0.2, 0.25) is 0 Å². The average Bonchev–Trinajstić information content (AvgIpc) is 2.20. The highest BCUT2D eigenvalue weighted by molar-refractivity contribution is 7.87. The van der Waals surface area contributed by atoms with Crippen molar-refractivity contribution in [3.63, 3.8) is 0 Å². The van der Waals surface area contributed by atoms with E-state index in [1.165, 1.54) is 4.31 Å². The van der Waals surface area contributed by atoms with E-state index in [1.54, 1.807) is 7.05 Å². The van der Waals surface area contributed by atoms with Crippen molar-refractivity contribution in [2.45, 2.75) is 34.1 Å². The second kappa shape index (κ2) is 7.31. The zero-order chi connectivity index (χ0) is 13.5. The van der Waals surface area contributed by atoms with Gasteiger partial charge in [0.05, 0.1) is 0 Å². The van der Waals surface area contributed by atoms with Gasteiger partial charge in [0.15, 0.2) is 0 Å². The van der Waals surface area contributed by atoms with Crippen molar-refractivity contribution in [2.24, 2.45) is 5.41 Å². The molecule has 0 amide bonds. The van der Waals surface area contributed by atoms with Gasteiger partial charge in [-0.2, -0.15) is 12.7 Å². The van der Waals surface area contributed by atoms with Gasteiger partial charge in [-0.25, -0.2) is 4.72 Å². The third-order valence-corrected chi connectivity index (χ3v) is 3.78. The molecule has 0 aromatic rings. The van der Waals surface area contributed by atoms with Gasteiger partial charge < -0.3 is 5.32 Å². The highest BCUT2D eigenvalue weighted by Crippen LogP contribution is 2.11. The van der Waals surface area contributed by atoms with Crippen molar-refractivity contribution in [3.8, 4) is 0 Å². The summed E-state index contributed by atoms with van der Waals surface area (Å²) in [6, 6.07) is 0. The summed E-state index contributed by atoms with van der Waals surface area (Å²) in [5, 5.41) is 3.17. The molecule has 0 radical (unpaired) electrons. The third-order valence-electron chi connectivity index (χ3n) is 2.27. The molecule has 2 N–H and O–H groups in total. The Morgan fingerprint density at radius 3 is 2.29 bits per heavy atom. The van der Waals surface area contributed by atoms with E-state index in [0.717, 1.165) is 19.5 Å². The Kier molecular flexibility index (Phi) is 7.23. The van der Waals surface area contributed by atoms with Crippen LogP contribution in [-0.2, 0) is 10.2 Å². The van der Waals surface area contributed by atoms with Crippen LogP contribution < -0.4 is 10.0 Å². The lowest BCUT2D eigenvalue weighted by Gasteiger charge is -2.22. The Labute approximate surface area is 106 Å². The van der Waals surface area contributed by atoms with Crippen molar-refractivity contribution in [1.29, 1.82) is 0 Å². The van der Waals surface area contributed by atoms with E-state index in [0.29, 0.717) is 13.1 Å². The zero-order valence-corrected chi connectivity index (χ0v) is 12.5. The Hall–Kier alpha value is -0.170. The number of hydrogen-bond donors (Lipinski definition) is 2. The van der Waals surface area contributed by atoms with Crippen molar-refractivity contribution >= 4 is 10.2 Å². The molecule has 5 nitrogen and oxygen atoms in total. The molecule has 104 valence electrons. The van der Waals surface area contributed by atoms with Gasteiger partial charge in [-0.15, -0.1) is 0 Å². The summed E-state index contributed by atoms with van der Waals surface area (Å²) in [4.78, 5) is 0. The molecule has 0 saturated heterocycles. The molecule has 0 aromatic heterocycles. The molecule has 0 aliphatic carbocycles. The largest absolute Gasteiger partial charge is 0.317 e. The molecule has 0 atom stereocenters. The molecule has 0 aliphatic heterocycles. The highest BCUT2D eigenvalue weighted by Gasteiger charge is 2.20. The van der Waals surface area contributed by atoms with Gasteiger partial charge in [0.25, 0.3) is 10.2 Å². The predicted octanol–water partition coefficient (Wildman–Crippen LogP) is 0.798. The first-order valence-electron chi connectivity index (χ1n) is 6.10. The number of rotatable bonds is 8. The summed E-state index contributed by atoms with van der Waals surface area (Å²) in [5.41, 5.74) is -0.0440. The SMILES string of the molecule is CCNCCCN(C)S(=O)(=O)NCC(C)(C)C. The van der Waals surface area contributed by atoms with Crippen LogP contribution >= 0.6 is 0 Å². The summed E-state index contributed by atoms with van der Waals surface area (Å²) < 4.78 is 27.7. The Balaban J connectivity index is 4.04. The quantitative estimate of drug-likeness (QED) is 0.638. The van der Waals surface area contributed by atoms with Gasteiger partial charge in [-0.3, -0.25) is 0 Å². The van der Waals surface area contributed by atoms with E-state index in [2.05, 4.69) is 10.0 Å². The second-order valence-corrected chi connectivity index (χ2v) is 7.28. The van der Waals surface area contributed by atoms with Crippen LogP contribution in [0.3, 0.4) is 0 Å². The molecular formula is C11H27N3O2S. The van der Waals surface area contributed by atoms with Gasteiger partial charge in [0.1, 0.15) is 0 Å². The lowest BCUT2D eigenvalue weighted by Crippen LogP contribution is -2.42. The van der Waals surface area contributed by atoms with Crippen LogP contribution in [0.15, 0.2) is 0 Å². The van der Waals surface area contributed by atoms with Crippen LogP contribution in [-0.4, -0.2) is 45.9 Å². The molecule has 0 aliphatic rings. The Morgan fingerprint density at radius 2 is 1.82 bits per heavy atom. The van der Waals surface area contributed by atoms with E-state index in [9.17, 15) is 8.42 Å². The van der Waals surface area contributed by atoms with Crippen LogP contribution in [0.4, 0.5) is 0 Å². The molecule has 17 heavy (non-hydrogen) atoms. The first-order chi connectivity index (χ1) is 7.69. The molecule has 0 aromatic carbocycles. The number of nitrogens with one attached hydrogen (secondary N) is 2. The molecular weight excluding hydrogens is 238 g/mol. The second-order valence-electron chi connectivity index (χ2n) is 5.42. The van der Waals surface area contributed by atoms with Crippen LogP contribution in [0.2, 0.25) is 0 Å². The van der Waals surface area contributed by atoms with Crippen molar-refractivity contribution in [1.82, 2.24) is 14.3 Å². The van der Waals surface area contributed by atoms with Crippen molar-refractivity contribution in [3.05, 3.63) is 0 Å². The maximum absolute atomic E-state index is 11.8. The highest BCUT2D eigenvalue weighted by atomic mass is 32.2. The Morgan fingerprint density at radius 1 is 1.24 bits per heavy atom. The average molecular weight is 265 g/mol. The standard InChI is InChI=1S/C11H27N3O2S/c1-6-12-8-7-9-14(5)17(15,16)13-10-11(2,3)4/h12-13H,6-10H2,1-5H3.